The van der Waals surface area contributed by atoms with E-state index in [4.69, 9.17) is 10.3 Å². The van der Waals surface area contributed by atoms with Gasteiger partial charge in [-0.25, -0.2) is 0 Å². The van der Waals surface area contributed by atoms with Crippen molar-refractivity contribution in [1.82, 2.24) is 0 Å². The van der Waals surface area contributed by atoms with Crippen LogP contribution in [0.1, 0.15) is 0 Å². The van der Waals surface area contributed by atoms with E-state index in [2.05, 4.69) is 4.18 Å². The first-order chi connectivity index (χ1) is 7.44. The van der Waals surface area contributed by atoms with Gasteiger partial charge in [0.15, 0.2) is 0 Å². The minimum absolute atomic E-state index is 0.0422. The second-order valence-electron chi connectivity index (χ2n) is 3.28. The minimum Gasteiger partial charge on any atom is -0.399 e. The molecule has 0 saturated heterocycles. The van der Waals surface area contributed by atoms with Crippen LogP contribution in [0.25, 0.3) is 10.8 Å². The van der Waals surface area contributed by atoms with Gasteiger partial charge in [0.1, 0.15) is 5.75 Å². The van der Waals surface area contributed by atoms with Crippen molar-refractivity contribution >= 4 is 26.9 Å². The summed E-state index contributed by atoms with van der Waals surface area (Å²) in [6, 6.07) is 9.85. The van der Waals surface area contributed by atoms with Gasteiger partial charge < -0.3 is 9.92 Å². The van der Waals surface area contributed by atoms with Crippen molar-refractivity contribution in [2.75, 3.05) is 5.73 Å². The van der Waals surface area contributed by atoms with Gasteiger partial charge >= 0.3 is 10.4 Å². The number of hydrogen-bond donors (Lipinski definition) is 2. The molecule has 0 saturated carbocycles. The molecule has 2 rings (SSSR count). The van der Waals surface area contributed by atoms with E-state index in [0.717, 1.165) is 10.8 Å². The summed E-state index contributed by atoms with van der Waals surface area (Å²) in [5.74, 6) is 0.0422. The second kappa shape index (κ2) is 3.66. The first-order valence-corrected chi connectivity index (χ1v) is 5.77. The lowest BCUT2D eigenvalue weighted by atomic mass is 10.1. The van der Waals surface area contributed by atoms with Gasteiger partial charge in [-0.2, -0.15) is 8.42 Å². The van der Waals surface area contributed by atoms with Crippen molar-refractivity contribution in [3.05, 3.63) is 36.4 Å². The third-order valence-electron chi connectivity index (χ3n) is 2.04. The predicted octanol–water partition coefficient (Wildman–Crippen LogP) is 1.60. The van der Waals surface area contributed by atoms with Gasteiger partial charge in [0, 0.05) is 5.69 Å². The van der Waals surface area contributed by atoms with E-state index in [9.17, 15) is 8.42 Å². The first-order valence-electron chi connectivity index (χ1n) is 4.40. The van der Waals surface area contributed by atoms with Crippen LogP contribution >= 0.6 is 0 Å². The Balaban J connectivity index is 2.51. The molecule has 0 unspecified atom stereocenters. The van der Waals surface area contributed by atoms with E-state index in [-0.39, 0.29) is 5.75 Å². The molecule has 0 aliphatic heterocycles. The van der Waals surface area contributed by atoms with Crippen LogP contribution in [0.2, 0.25) is 0 Å². The van der Waals surface area contributed by atoms with Gasteiger partial charge in [-0.15, -0.1) is 0 Å². The fourth-order valence-corrected chi connectivity index (χ4v) is 1.76. The van der Waals surface area contributed by atoms with E-state index in [1.54, 1.807) is 18.2 Å². The fourth-order valence-electron chi connectivity index (χ4n) is 1.42. The van der Waals surface area contributed by atoms with Crippen LogP contribution < -0.4 is 9.92 Å². The molecule has 0 atom stereocenters. The standard InChI is InChI=1S/C10H9NO4S/c11-9-3-1-7-2-4-10(6-8(7)5-9)15-16(12,13)14/h1-6H,11H2,(H,12,13,14). The average molecular weight is 239 g/mol. The van der Waals surface area contributed by atoms with Crippen LogP contribution in [-0.2, 0) is 10.4 Å². The smallest absolute Gasteiger partial charge is 0.399 e. The van der Waals surface area contributed by atoms with E-state index in [1.165, 1.54) is 12.1 Å². The van der Waals surface area contributed by atoms with Gasteiger partial charge in [0.25, 0.3) is 0 Å². The van der Waals surface area contributed by atoms with Gasteiger partial charge in [-0.05, 0) is 35.0 Å². The molecular weight excluding hydrogens is 230 g/mol. The number of nitrogen functional groups attached to an aromatic ring is 1. The molecule has 0 fully saturated rings. The summed E-state index contributed by atoms with van der Waals surface area (Å²) in [6.45, 7) is 0. The second-order valence-corrected chi connectivity index (χ2v) is 4.30. The summed E-state index contributed by atoms with van der Waals surface area (Å²) in [5.41, 5.74) is 6.16. The molecule has 2 aromatic rings. The number of nitrogens with two attached hydrogens (primary N) is 1. The minimum atomic E-state index is -4.49. The van der Waals surface area contributed by atoms with Crippen LogP contribution in [0.3, 0.4) is 0 Å². The molecule has 0 spiro atoms. The number of hydrogen-bond acceptors (Lipinski definition) is 4. The van der Waals surface area contributed by atoms with Crippen molar-refractivity contribution in [3.8, 4) is 5.75 Å². The summed E-state index contributed by atoms with van der Waals surface area (Å²) < 4.78 is 33.9. The predicted molar refractivity (Wildman–Crippen MR) is 60.5 cm³/mol. The lowest BCUT2D eigenvalue weighted by Gasteiger charge is -2.03. The molecule has 2 aromatic carbocycles. The van der Waals surface area contributed by atoms with Crippen molar-refractivity contribution in [2.24, 2.45) is 0 Å². The lowest BCUT2D eigenvalue weighted by molar-refractivity contribution is 0.387. The monoisotopic (exact) mass is 239 g/mol. The fraction of sp³-hybridized carbons (Fsp3) is 0. The SMILES string of the molecule is Nc1ccc2ccc(OS(=O)(=O)O)cc2c1. The number of fused-ring (bicyclic) bond motifs is 1. The Hall–Kier alpha value is -1.79. The Bertz CT molecular complexity index is 636. The van der Waals surface area contributed by atoms with Crippen molar-refractivity contribution < 1.29 is 17.2 Å². The van der Waals surface area contributed by atoms with Gasteiger partial charge in [0.05, 0.1) is 0 Å². The van der Waals surface area contributed by atoms with E-state index in [1.807, 2.05) is 6.07 Å². The Morgan fingerprint density at radius 2 is 1.75 bits per heavy atom. The van der Waals surface area contributed by atoms with Crippen molar-refractivity contribution in [3.63, 3.8) is 0 Å². The highest BCUT2D eigenvalue weighted by atomic mass is 32.3. The molecule has 84 valence electrons. The van der Waals surface area contributed by atoms with E-state index in [0.29, 0.717) is 5.69 Å². The van der Waals surface area contributed by atoms with E-state index >= 15 is 0 Å². The molecule has 5 nitrogen and oxygen atoms in total. The highest BCUT2D eigenvalue weighted by molar-refractivity contribution is 7.81. The quantitative estimate of drug-likeness (QED) is 0.613. The molecular formula is C10H9NO4S. The first kappa shape index (κ1) is 10.7. The zero-order valence-corrected chi connectivity index (χ0v) is 8.94. The van der Waals surface area contributed by atoms with Gasteiger partial charge in [-0.1, -0.05) is 12.1 Å². The zero-order valence-electron chi connectivity index (χ0n) is 8.12. The highest BCUT2D eigenvalue weighted by Gasteiger charge is 2.07. The zero-order chi connectivity index (χ0) is 11.8. The summed E-state index contributed by atoms with van der Waals surface area (Å²) in [5, 5.41) is 1.64. The molecule has 0 heterocycles. The lowest BCUT2D eigenvalue weighted by Crippen LogP contribution is -2.06. The molecule has 0 aliphatic carbocycles. The Morgan fingerprint density at radius 3 is 2.44 bits per heavy atom. The summed E-state index contributed by atoms with van der Waals surface area (Å²) in [7, 11) is -4.49. The molecule has 0 radical (unpaired) electrons. The molecule has 6 heteroatoms. The Labute approximate surface area is 92.4 Å². The maximum atomic E-state index is 10.5. The van der Waals surface area contributed by atoms with Crippen LogP contribution in [0, 0.1) is 0 Å². The molecule has 3 N–H and O–H groups in total. The van der Waals surface area contributed by atoms with Crippen molar-refractivity contribution in [2.45, 2.75) is 0 Å². The normalized spacial score (nSPS) is 11.6. The van der Waals surface area contributed by atoms with Crippen LogP contribution in [0.4, 0.5) is 5.69 Å². The van der Waals surface area contributed by atoms with Crippen molar-refractivity contribution in [1.29, 1.82) is 0 Å². The molecule has 0 aromatic heterocycles. The molecule has 0 amide bonds. The van der Waals surface area contributed by atoms with Crippen LogP contribution in [0.15, 0.2) is 36.4 Å². The molecule has 0 bridgehead atoms. The third-order valence-corrected chi connectivity index (χ3v) is 2.44. The number of rotatable bonds is 2. The number of anilines is 1. The third kappa shape index (κ3) is 2.41. The topological polar surface area (TPSA) is 89.6 Å². The summed E-state index contributed by atoms with van der Waals surface area (Å²) in [6.07, 6.45) is 0. The molecule has 16 heavy (non-hydrogen) atoms. The van der Waals surface area contributed by atoms with Gasteiger partial charge in [-0.3, -0.25) is 4.55 Å². The maximum Gasteiger partial charge on any atom is 0.446 e. The average Bonchev–Trinajstić information content (AvgIpc) is 2.14. The highest BCUT2D eigenvalue weighted by Crippen LogP contribution is 2.23. The van der Waals surface area contributed by atoms with E-state index < -0.39 is 10.4 Å². The number of benzene rings is 2. The molecule has 0 aliphatic rings. The maximum absolute atomic E-state index is 10.5. The Morgan fingerprint density at radius 1 is 1.06 bits per heavy atom. The largest absolute Gasteiger partial charge is 0.446 e. The van der Waals surface area contributed by atoms with Gasteiger partial charge in [0.2, 0.25) is 0 Å². The summed E-state index contributed by atoms with van der Waals surface area (Å²) in [4.78, 5) is 0. The van der Waals surface area contributed by atoms with Crippen LogP contribution in [-0.4, -0.2) is 13.0 Å². The summed E-state index contributed by atoms with van der Waals surface area (Å²) >= 11 is 0. The van der Waals surface area contributed by atoms with Crippen LogP contribution in [0.5, 0.6) is 5.75 Å². The Kier molecular flexibility index (Phi) is 2.45.